The molecule has 14 heavy (non-hydrogen) atoms. The first-order valence-corrected chi connectivity index (χ1v) is 4.02. The number of hydrogen-bond donors (Lipinski definition) is 1. The van der Waals surface area contributed by atoms with Crippen LogP contribution in [0.2, 0.25) is 0 Å². The van der Waals surface area contributed by atoms with Crippen LogP contribution in [-0.4, -0.2) is 17.6 Å². The summed E-state index contributed by atoms with van der Waals surface area (Å²) >= 11 is 0. The second-order valence-electron chi connectivity index (χ2n) is 2.50. The zero-order chi connectivity index (χ0) is 10.6. The summed E-state index contributed by atoms with van der Waals surface area (Å²) in [6.07, 6.45) is 0. The molecule has 1 rings (SSSR count). The second kappa shape index (κ2) is 4.23. The van der Waals surface area contributed by atoms with Gasteiger partial charge in [0.25, 0.3) is 0 Å². The molecule has 0 bridgehead atoms. The molecule has 1 heterocycles. The summed E-state index contributed by atoms with van der Waals surface area (Å²) in [6, 6.07) is 4.57. The average Bonchev–Trinajstić information content (AvgIpc) is 2.17. The van der Waals surface area contributed by atoms with Crippen molar-refractivity contribution in [1.82, 2.24) is 4.98 Å². The van der Waals surface area contributed by atoms with E-state index in [1.165, 1.54) is 12.1 Å². The van der Waals surface area contributed by atoms with Crippen LogP contribution >= 0.6 is 0 Å². The Labute approximate surface area is 81.1 Å². The first-order valence-electron chi connectivity index (χ1n) is 4.02. The maximum Gasteiger partial charge on any atom is 0.357 e. The number of ether oxygens (including phenoxy) is 1. The first kappa shape index (κ1) is 9.99. The average molecular weight is 191 g/mol. The van der Waals surface area contributed by atoms with Crippen LogP contribution in [0.4, 0.5) is 5.69 Å². The fourth-order valence-electron chi connectivity index (χ4n) is 0.919. The molecule has 0 unspecified atom stereocenters. The van der Waals surface area contributed by atoms with Crippen LogP contribution in [0.15, 0.2) is 12.1 Å². The Morgan fingerprint density at radius 1 is 1.71 bits per heavy atom. The lowest BCUT2D eigenvalue weighted by atomic mass is 10.3. The number of pyridine rings is 1. The standard InChI is InChI=1S/C9H9N3O2/c1-2-14-9(13)8-4-6(11)3-7(5-10)12-8/h3-4H,2H2,1H3,(H2,11,12). The number of carbonyl (C=O) groups is 1. The zero-order valence-corrected chi connectivity index (χ0v) is 7.65. The van der Waals surface area contributed by atoms with Gasteiger partial charge in [0.2, 0.25) is 0 Å². The molecule has 0 aromatic carbocycles. The monoisotopic (exact) mass is 191 g/mol. The second-order valence-corrected chi connectivity index (χ2v) is 2.50. The van der Waals surface area contributed by atoms with Gasteiger partial charge in [-0.2, -0.15) is 5.26 Å². The summed E-state index contributed by atoms with van der Waals surface area (Å²) in [6.45, 7) is 1.95. The SMILES string of the molecule is CCOC(=O)c1cc(N)cc(C#N)n1. The van der Waals surface area contributed by atoms with Gasteiger partial charge < -0.3 is 10.5 Å². The van der Waals surface area contributed by atoms with E-state index in [0.29, 0.717) is 5.69 Å². The number of nitrogens with two attached hydrogens (primary N) is 1. The minimum absolute atomic E-state index is 0.0587. The molecular formula is C9H9N3O2. The van der Waals surface area contributed by atoms with Gasteiger partial charge in [-0.15, -0.1) is 0 Å². The predicted octanol–water partition coefficient (Wildman–Crippen LogP) is 0.712. The molecule has 1 aromatic heterocycles. The van der Waals surface area contributed by atoms with Gasteiger partial charge in [-0.25, -0.2) is 9.78 Å². The molecule has 2 N–H and O–H groups in total. The maximum atomic E-state index is 11.2. The molecule has 5 nitrogen and oxygen atoms in total. The van der Waals surface area contributed by atoms with E-state index < -0.39 is 5.97 Å². The molecule has 0 aliphatic rings. The van der Waals surface area contributed by atoms with Crippen molar-refractivity contribution in [1.29, 1.82) is 5.26 Å². The molecule has 0 spiro atoms. The lowest BCUT2D eigenvalue weighted by Crippen LogP contribution is -2.08. The summed E-state index contributed by atoms with van der Waals surface area (Å²) < 4.78 is 4.72. The Bertz CT molecular complexity index is 396. The number of rotatable bonds is 2. The number of nitrogens with zero attached hydrogens (tertiary/aromatic N) is 2. The minimum atomic E-state index is -0.573. The third-order valence-electron chi connectivity index (χ3n) is 1.45. The summed E-state index contributed by atoms with van der Waals surface area (Å²) in [7, 11) is 0. The van der Waals surface area contributed by atoms with Crippen LogP contribution in [-0.2, 0) is 4.74 Å². The molecule has 0 amide bonds. The molecule has 0 saturated heterocycles. The van der Waals surface area contributed by atoms with Crippen LogP contribution in [0.3, 0.4) is 0 Å². The number of carbonyl (C=O) groups excluding carboxylic acids is 1. The Balaban J connectivity index is 3.04. The first-order chi connectivity index (χ1) is 6.67. The number of esters is 1. The number of hydrogen-bond acceptors (Lipinski definition) is 5. The van der Waals surface area contributed by atoms with Crippen LogP contribution in [0.25, 0.3) is 0 Å². The van der Waals surface area contributed by atoms with Crippen molar-refractivity contribution in [2.45, 2.75) is 6.92 Å². The Hall–Kier alpha value is -2.09. The van der Waals surface area contributed by atoms with Crippen molar-refractivity contribution in [2.75, 3.05) is 12.3 Å². The highest BCUT2D eigenvalue weighted by atomic mass is 16.5. The maximum absolute atomic E-state index is 11.2. The molecule has 0 aliphatic carbocycles. The lowest BCUT2D eigenvalue weighted by molar-refractivity contribution is 0.0519. The molecule has 0 atom stereocenters. The van der Waals surface area contributed by atoms with Gasteiger partial charge >= 0.3 is 5.97 Å². The Morgan fingerprint density at radius 2 is 2.43 bits per heavy atom. The third kappa shape index (κ3) is 2.20. The summed E-state index contributed by atoms with van der Waals surface area (Å²) in [4.78, 5) is 15.0. The van der Waals surface area contributed by atoms with Crippen molar-refractivity contribution >= 4 is 11.7 Å². The largest absolute Gasteiger partial charge is 0.461 e. The highest BCUT2D eigenvalue weighted by Crippen LogP contribution is 2.08. The van der Waals surface area contributed by atoms with Gasteiger partial charge in [0.1, 0.15) is 11.8 Å². The van der Waals surface area contributed by atoms with Crippen molar-refractivity contribution in [2.24, 2.45) is 0 Å². The Kier molecular flexibility index (Phi) is 3.02. The van der Waals surface area contributed by atoms with Gasteiger partial charge in [0.15, 0.2) is 5.69 Å². The third-order valence-corrected chi connectivity index (χ3v) is 1.45. The van der Waals surface area contributed by atoms with Gasteiger partial charge in [0, 0.05) is 5.69 Å². The van der Waals surface area contributed by atoms with E-state index in [9.17, 15) is 4.79 Å². The molecule has 1 aromatic rings. The van der Waals surface area contributed by atoms with Gasteiger partial charge in [-0.1, -0.05) is 0 Å². The van der Waals surface area contributed by atoms with Crippen LogP contribution < -0.4 is 5.73 Å². The summed E-state index contributed by atoms with van der Waals surface area (Å²) in [5.41, 5.74) is 5.95. The lowest BCUT2D eigenvalue weighted by Gasteiger charge is -2.01. The summed E-state index contributed by atoms with van der Waals surface area (Å²) in [5.74, 6) is -0.573. The molecule has 5 heteroatoms. The Morgan fingerprint density at radius 3 is 3.00 bits per heavy atom. The minimum Gasteiger partial charge on any atom is -0.461 e. The normalized spacial score (nSPS) is 9.14. The van der Waals surface area contributed by atoms with Crippen molar-refractivity contribution in [3.8, 4) is 6.07 Å². The predicted molar refractivity (Wildman–Crippen MR) is 49.3 cm³/mol. The van der Waals surface area contributed by atoms with Crippen molar-refractivity contribution < 1.29 is 9.53 Å². The molecule has 72 valence electrons. The molecule has 0 aliphatic heterocycles. The molecular weight excluding hydrogens is 182 g/mol. The van der Waals surface area contributed by atoms with Crippen molar-refractivity contribution in [3.63, 3.8) is 0 Å². The van der Waals surface area contributed by atoms with E-state index in [4.69, 9.17) is 15.7 Å². The highest BCUT2D eigenvalue weighted by Gasteiger charge is 2.10. The quantitative estimate of drug-likeness (QED) is 0.695. The molecule has 0 fully saturated rings. The van der Waals surface area contributed by atoms with Crippen molar-refractivity contribution in [3.05, 3.63) is 23.5 Å². The number of nitriles is 1. The van der Waals surface area contributed by atoms with E-state index in [1.807, 2.05) is 0 Å². The van der Waals surface area contributed by atoms with E-state index in [0.717, 1.165) is 0 Å². The van der Waals surface area contributed by atoms with Gasteiger partial charge in [0.05, 0.1) is 6.61 Å². The van der Waals surface area contributed by atoms with E-state index in [1.54, 1.807) is 13.0 Å². The fraction of sp³-hybridized carbons (Fsp3) is 0.222. The smallest absolute Gasteiger partial charge is 0.357 e. The van der Waals surface area contributed by atoms with E-state index in [2.05, 4.69) is 4.98 Å². The number of nitrogen functional groups attached to an aromatic ring is 1. The van der Waals surface area contributed by atoms with E-state index in [-0.39, 0.29) is 18.0 Å². The van der Waals surface area contributed by atoms with E-state index >= 15 is 0 Å². The summed E-state index contributed by atoms with van der Waals surface area (Å²) in [5, 5.41) is 8.58. The number of anilines is 1. The van der Waals surface area contributed by atoms with Gasteiger partial charge in [-0.05, 0) is 19.1 Å². The van der Waals surface area contributed by atoms with Crippen LogP contribution in [0, 0.1) is 11.3 Å². The fourth-order valence-corrected chi connectivity index (χ4v) is 0.919. The zero-order valence-electron chi connectivity index (χ0n) is 7.65. The van der Waals surface area contributed by atoms with Crippen LogP contribution in [0.1, 0.15) is 23.1 Å². The molecule has 0 radical (unpaired) electrons. The highest BCUT2D eigenvalue weighted by molar-refractivity contribution is 5.88. The molecule has 0 saturated carbocycles. The van der Waals surface area contributed by atoms with Gasteiger partial charge in [-0.3, -0.25) is 0 Å². The topological polar surface area (TPSA) is 89.0 Å². The number of aromatic nitrogens is 1. The van der Waals surface area contributed by atoms with Crippen LogP contribution in [0.5, 0.6) is 0 Å².